The summed E-state index contributed by atoms with van der Waals surface area (Å²) in [5.74, 6) is 0.0874. The lowest BCUT2D eigenvalue weighted by molar-refractivity contribution is -0.142. The number of ketones is 1. The second-order valence-electron chi connectivity index (χ2n) is 6.07. The van der Waals surface area contributed by atoms with Crippen LogP contribution in [-0.4, -0.2) is 29.8 Å². The van der Waals surface area contributed by atoms with E-state index in [-0.39, 0.29) is 18.1 Å². The van der Waals surface area contributed by atoms with E-state index in [1.165, 1.54) is 0 Å². The molecule has 1 aromatic carbocycles. The highest BCUT2D eigenvalue weighted by molar-refractivity contribution is 9.10. The fraction of sp³-hybridized carbons (Fsp3) is 0.333. The number of allylic oxidation sites excluding steroid dienone is 2. The number of esters is 1. The molecule has 0 aromatic heterocycles. The van der Waals surface area contributed by atoms with Crippen LogP contribution in [0.1, 0.15) is 30.1 Å². The third kappa shape index (κ3) is 5.43. The van der Waals surface area contributed by atoms with Crippen LogP contribution in [0, 0.1) is 5.92 Å². The zero-order valence-electron chi connectivity index (χ0n) is 14.9. The molecule has 0 aliphatic heterocycles. The summed E-state index contributed by atoms with van der Waals surface area (Å²) in [6.07, 6.45) is 4.85. The Labute approximate surface area is 162 Å². The van der Waals surface area contributed by atoms with Crippen molar-refractivity contribution in [2.24, 2.45) is 5.92 Å². The zero-order valence-corrected chi connectivity index (χ0v) is 16.5. The van der Waals surface area contributed by atoms with E-state index >= 15 is 0 Å². The van der Waals surface area contributed by atoms with E-state index in [1.807, 2.05) is 12.2 Å². The van der Waals surface area contributed by atoms with E-state index in [9.17, 15) is 9.59 Å². The molecule has 138 valence electrons. The molecule has 0 N–H and O–H groups in total. The number of Topliss-reactive ketones (excluding diaryl/α,β-unsaturated/α-hetero) is 1. The minimum absolute atomic E-state index is 0.00812. The number of ether oxygens (including phenoxy) is 2. The van der Waals surface area contributed by atoms with Gasteiger partial charge in [0.25, 0.3) is 0 Å². The molecule has 0 heterocycles. The van der Waals surface area contributed by atoms with Gasteiger partial charge in [0.15, 0.2) is 5.78 Å². The SMILES string of the molecule is C=C1C=CCC(=C)C1COc1cccc(C(=O)C(Br)CC(=O)OCC)c1. The molecule has 0 fully saturated rings. The lowest BCUT2D eigenvalue weighted by atomic mass is 9.87. The Balaban J connectivity index is 1.99. The molecule has 4 nitrogen and oxygen atoms in total. The Hall–Kier alpha value is -2.14. The van der Waals surface area contributed by atoms with Crippen LogP contribution in [-0.2, 0) is 9.53 Å². The average molecular weight is 419 g/mol. The Kier molecular flexibility index (Phi) is 7.39. The van der Waals surface area contributed by atoms with E-state index in [2.05, 4.69) is 29.1 Å². The topological polar surface area (TPSA) is 52.6 Å². The molecule has 1 aromatic rings. The molecule has 5 heteroatoms. The maximum Gasteiger partial charge on any atom is 0.307 e. The van der Waals surface area contributed by atoms with Gasteiger partial charge in [0.05, 0.1) is 24.5 Å². The first-order chi connectivity index (χ1) is 12.4. The quantitative estimate of drug-likeness (QED) is 0.266. The van der Waals surface area contributed by atoms with Crippen LogP contribution in [0.15, 0.2) is 60.7 Å². The van der Waals surface area contributed by atoms with E-state index in [4.69, 9.17) is 9.47 Å². The summed E-state index contributed by atoms with van der Waals surface area (Å²) in [4.78, 5) is 23.4. The highest BCUT2D eigenvalue weighted by Gasteiger charge is 2.22. The van der Waals surface area contributed by atoms with Crippen molar-refractivity contribution in [2.75, 3.05) is 13.2 Å². The predicted molar refractivity (Wildman–Crippen MR) is 106 cm³/mol. The Morgan fingerprint density at radius 2 is 2.12 bits per heavy atom. The maximum atomic E-state index is 12.5. The number of benzene rings is 1. The number of hydrogen-bond acceptors (Lipinski definition) is 4. The fourth-order valence-electron chi connectivity index (χ4n) is 2.67. The van der Waals surface area contributed by atoms with Crippen molar-refractivity contribution in [1.82, 2.24) is 0 Å². The van der Waals surface area contributed by atoms with Crippen LogP contribution in [0.25, 0.3) is 0 Å². The first kappa shape index (κ1) is 20.2. The molecular formula is C21H23BrO4. The molecule has 1 aliphatic rings. The minimum Gasteiger partial charge on any atom is -0.493 e. The Morgan fingerprint density at radius 1 is 1.35 bits per heavy atom. The van der Waals surface area contributed by atoms with Gasteiger partial charge in [-0.25, -0.2) is 0 Å². The lowest BCUT2D eigenvalue weighted by Gasteiger charge is -2.23. The van der Waals surface area contributed by atoms with Gasteiger partial charge in [-0.1, -0.05) is 58.9 Å². The van der Waals surface area contributed by atoms with Crippen molar-refractivity contribution in [3.63, 3.8) is 0 Å². The van der Waals surface area contributed by atoms with Gasteiger partial charge in [-0.3, -0.25) is 9.59 Å². The smallest absolute Gasteiger partial charge is 0.307 e. The van der Waals surface area contributed by atoms with Crippen molar-refractivity contribution in [3.05, 3.63) is 66.3 Å². The summed E-state index contributed by atoms with van der Waals surface area (Å²) in [7, 11) is 0. The fourth-order valence-corrected chi connectivity index (χ4v) is 3.19. The molecule has 0 saturated heterocycles. The molecular weight excluding hydrogens is 396 g/mol. The molecule has 0 amide bonds. The van der Waals surface area contributed by atoms with E-state index in [0.29, 0.717) is 24.5 Å². The van der Waals surface area contributed by atoms with Gasteiger partial charge in [-0.05, 0) is 31.1 Å². The third-order valence-electron chi connectivity index (χ3n) is 4.12. The van der Waals surface area contributed by atoms with Crippen molar-refractivity contribution < 1.29 is 19.1 Å². The van der Waals surface area contributed by atoms with Crippen LogP contribution in [0.4, 0.5) is 0 Å². The largest absolute Gasteiger partial charge is 0.493 e. The number of halogens is 1. The van der Waals surface area contributed by atoms with E-state index in [0.717, 1.165) is 17.6 Å². The Morgan fingerprint density at radius 3 is 2.81 bits per heavy atom. The van der Waals surface area contributed by atoms with E-state index < -0.39 is 10.8 Å². The molecule has 2 rings (SSSR count). The van der Waals surface area contributed by atoms with Crippen molar-refractivity contribution >= 4 is 27.7 Å². The summed E-state index contributed by atoms with van der Waals surface area (Å²) in [6, 6.07) is 6.95. The van der Waals surface area contributed by atoms with Gasteiger partial charge in [0, 0.05) is 11.5 Å². The highest BCUT2D eigenvalue weighted by atomic mass is 79.9. The summed E-state index contributed by atoms with van der Waals surface area (Å²) < 4.78 is 10.7. The van der Waals surface area contributed by atoms with E-state index in [1.54, 1.807) is 31.2 Å². The van der Waals surface area contributed by atoms with Gasteiger partial charge >= 0.3 is 5.97 Å². The minimum atomic E-state index is -0.625. The molecule has 1 aliphatic carbocycles. The van der Waals surface area contributed by atoms with Crippen LogP contribution in [0.2, 0.25) is 0 Å². The van der Waals surface area contributed by atoms with Crippen molar-refractivity contribution in [1.29, 1.82) is 0 Å². The normalized spacial score (nSPS) is 17.7. The second kappa shape index (κ2) is 9.53. The first-order valence-electron chi connectivity index (χ1n) is 8.52. The van der Waals surface area contributed by atoms with Crippen molar-refractivity contribution in [3.8, 4) is 5.75 Å². The summed E-state index contributed by atoms with van der Waals surface area (Å²) in [5, 5.41) is 0. The van der Waals surface area contributed by atoms with Gasteiger partial charge in [-0.2, -0.15) is 0 Å². The molecule has 0 bridgehead atoms. The number of rotatable bonds is 8. The van der Waals surface area contributed by atoms with Gasteiger partial charge < -0.3 is 9.47 Å². The number of carbonyl (C=O) groups excluding carboxylic acids is 2. The molecule has 2 atom stereocenters. The van der Waals surface area contributed by atoms with Gasteiger partial charge in [0.1, 0.15) is 5.75 Å². The highest BCUT2D eigenvalue weighted by Crippen LogP contribution is 2.28. The second-order valence-corrected chi connectivity index (χ2v) is 7.18. The zero-order chi connectivity index (χ0) is 19.1. The standard InChI is InChI=1S/C21H23BrO4/c1-4-25-20(23)12-19(22)21(24)16-9-6-10-17(11-16)26-13-18-14(2)7-5-8-15(18)3/h5-7,9-11,18-19H,2-4,8,12-13H2,1H3. The molecule has 0 spiro atoms. The number of carbonyl (C=O) groups is 2. The van der Waals surface area contributed by atoms with Crippen molar-refractivity contribution in [2.45, 2.75) is 24.6 Å². The number of alkyl halides is 1. The van der Waals surface area contributed by atoms with Crippen LogP contribution < -0.4 is 4.74 Å². The molecule has 26 heavy (non-hydrogen) atoms. The average Bonchev–Trinajstić information content (AvgIpc) is 2.61. The monoisotopic (exact) mass is 418 g/mol. The van der Waals surface area contributed by atoms with Crippen LogP contribution in [0.3, 0.4) is 0 Å². The molecule has 2 unspecified atom stereocenters. The molecule has 0 saturated carbocycles. The Bertz CT molecular complexity index is 735. The summed E-state index contributed by atoms with van der Waals surface area (Å²) in [6.45, 7) is 10.6. The predicted octanol–water partition coefficient (Wildman–Crippen LogP) is 4.65. The molecule has 0 radical (unpaired) electrons. The van der Waals surface area contributed by atoms with Crippen LogP contribution in [0.5, 0.6) is 5.75 Å². The lowest BCUT2D eigenvalue weighted by Crippen LogP contribution is -2.20. The number of hydrogen-bond donors (Lipinski definition) is 0. The maximum absolute atomic E-state index is 12.5. The first-order valence-corrected chi connectivity index (χ1v) is 9.43. The van der Waals surface area contributed by atoms with Crippen LogP contribution >= 0.6 is 15.9 Å². The van der Waals surface area contributed by atoms with Gasteiger partial charge in [-0.15, -0.1) is 0 Å². The van der Waals surface area contributed by atoms with Gasteiger partial charge in [0.2, 0.25) is 0 Å². The third-order valence-corrected chi connectivity index (χ3v) is 4.86. The summed E-state index contributed by atoms with van der Waals surface area (Å²) in [5.41, 5.74) is 2.53. The summed E-state index contributed by atoms with van der Waals surface area (Å²) >= 11 is 3.27.